The molecule has 170 valence electrons. The molecule has 31 heavy (non-hydrogen) atoms. The van der Waals surface area contributed by atoms with Gasteiger partial charge in [-0.2, -0.15) is 0 Å². The number of hydrogen-bond acceptors (Lipinski definition) is 4. The molecule has 2 heterocycles. The summed E-state index contributed by atoms with van der Waals surface area (Å²) >= 11 is 0. The van der Waals surface area contributed by atoms with Crippen molar-refractivity contribution >= 4 is 52.6 Å². The van der Waals surface area contributed by atoms with Gasteiger partial charge in [-0.1, -0.05) is 32.0 Å². The largest absolute Gasteiger partial charge is 0.363 e. The molecular weight excluding hydrogens is 503 g/mol. The first-order valence-corrected chi connectivity index (χ1v) is 10.7. The quantitative estimate of drug-likeness (QED) is 0.348. The maximum atomic E-state index is 12.2. The van der Waals surface area contributed by atoms with Crippen LogP contribution in [0.15, 0.2) is 35.3 Å². The van der Waals surface area contributed by atoms with E-state index >= 15 is 0 Å². The Kier molecular flexibility index (Phi) is 9.33. The summed E-state index contributed by atoms with van der Waals surface area (Å²) in [5.74, 6) is 2.04. The summed E-state index contributed by atoms with van der Waals surface area (Å²) in [6, 6.07) is 10.7. The number of hydrogen-bond donors (Lipinski definition) is 2. The van der Waals surface area contributed by atoms with Crippen molar-refractivity contribution in [2.45, 2.75) is 39.3 Å². The minimum absolute atomic E-state index is 0. The molecule has 0 atom stereocenters. The number of nitrogens with zero attached hydrogens (tertiary/aromatic N) is 4. The number of fused-ring (bicyclic) bond motifs is 1. The normalized spacial score (nSPS) is 15.0. The smallest absolute Gasteiger partial charge is 0.225 e. The third-order valence-corrected chi connectivity index (χ3v) is 5.56. The number of aliphatic imine (C=N–C) groups is 1. The summed E-state index contributed by atoms with van der Waals surface area (Å²) < 4.78 is 0. The van der Waals surface area contributed by atoms with Crippen LogP contribution in [0.4, 0.5) is 5.82 Å². The molecule has 1 aliphatic rings. The van der Waals surface area contributed by atoms with Crippen LogP contribution >= 0.6 is 24.0 Å². The second-order valence-electron chi connectivity index (χ2n) is 8.38. The van der Waals surface area contributed by atoms with Crippen LogP contribution in [0.1, 0.15) is 32.3 Å². The lowest BCUT2D eigenvalue weighted by atomic mass is 10.0. The summed E-state index contributed by atoms with van der Waals surface area (Å²) in [6.45, 7) is 6.18. The first-order chi connectivity index (χ1) is 14.4. The topological polar surface area (TPSA) is 72.9 Å². The van der Waals surface area contributed by atoms with E-state index in [9.17, 15) is 4.79 Å². The average molecular weight is 538 g/mol. The number of likely N-dealkylation sites (tertiary alicyclic amines) is 1. The monoisotopic (exact) mass is 538 g/mol. The number of aromatic nitrogens is 1. The van der Waals surface area contributed by atoms with Crippen molar-refractivity contribution in [3.8, 4) is 0 Å². The second kappa shape index (κ2) is 11.5. The van der Waals surface area contributed by atoms with Crippen molar-refractivity contribution in [2.75, 3.05) is 39.1 Å². The molecule has 2 N–H and O–H groups in total. The number of benzene rings is 1. The molecule has 1 saturated heterocycles. The van der Waals surface area contributed by atoms with E-state index in [-0.39, 0.29) is 35.8 Å². The van der Waals surface area contributed by atoms with Gasteiger partial charge in [-0.3, -0.25) is 9.79 Å². The Bertz CT molecular complexity index is 906. The molecule has 7 nitrogen and oxygen atoms in total. The number of pyridine rings is 1. The summed E-state index contributed by atoms with van der Waals surface area (Å²) in [5.41, 5.74) is 2.18. The van der Waals surface area contributed by atoms with Crippen LogP contribution in [0.5, 0.6) is 0 Å². The highest BCUT2D eigenvalue weighted by Gasteiger charge is 2.24. The Labute approximate surface area is 202 Å². The number of para-hydroxylation sites is 1. The number of guanidine groups is 1. The summed E-state index contributed by atoms with van der Waals surface area (Å²) in [4.78, 5) is 25.3. The number of rotatable bonds is 5. The average Bonchev–Trinajstić information content (AvgIpc) is 2.76. The van der Waals surface area contributed by atoms with Crippen LogP contribution in [-0.4, -0.2) is 62.0 Å². The molecule has 1 amide bonds. The Morgan fingerprint density at radius 1 is 1.26 bits per heavy atom. The van der Waals surface area contributed by atoms with E-state index in [0.29, 0.717) is 12.6 Å². The molecule has 1 aromatic carbocycles. The van der Waals surface area contributed by atoms with Crippen LogP contribution in [0.25, 0.3) is 10.9 Å². The van der Waals surface area contributed by atoms with Gasteiger partial charge >= 0.3 is 0 Å². The number of halogens is 1. The molecule has 0 radical (unpaired) electrons. The van der Waals surface area contributed by atoms with Crippen LogP contribution in [0.2, 0.25) is 0 Å². The Balaban J connectivity index is 0.00000341. The van der Waals surface area contributed by atoms with Crippen molar-refractivity contribution < 1.29 is 4.79 Å². The molecule has 2 aromatic rings. The number of piperidine rings is 1. The Morgan fingerprint density at radius 3 is 2.55 bits per heavy atom. The fraction of sp³-hybridized carbons (Fsp3) is 0.522. The lowest BCUT2D eigenvalue weighted by Crippen LogP contribution is -2.50. The molecule has 0 saturated carbocycles. The molecular formula is C23H35IN6O. The lowest BCUT2D eigenvalue weighted by Gasteiger charge is -2.34. The van der Waals surface area contributed by atoms with Crippen LogP contribution in [-0.2, 0) is 11.3 Å². The molecule has 8 heteroatoms. The third kappa shape index (κ3) is 6.44. The highest BCUT2D eigenvalue weighted by atomic mass is 127. The molecule has 3 rings (SSSR count). The minimum atomic E-state index is 0. The van der Waals surface area contributed by atoms with Crippen LogP contribution in [0.3, 0.4) is 0 Å². The number of carbonyl (C=O) groups excluding carboxylic acids is 1. The van der Waals surface area contributed by atoms with E-state index < -0.39 is 0 Å². The van der Waals surface area contributed by atoms with Gasteiger partial charge in [0, 0.05) is 58.1 Å². The Hall–Kier alpha value is -2.10. The standard InChI is InChI=1S/C23H34N6O.HI/c1-16(2)22(30)29-12-10-18(11-13-29)26-23(24-3)25-15-17-14-21(28(4)5)27-20-9-7-6-8-19(17)20;/h6-9,14,16,18H,10-13,15H2,1-5H3,(H2,24,25,26);1H. The van der Waals surface area contributed by atoms with Crippen LogP contribution in [0, 0.1) is 5.92 Å². The van der Waals surface area contributed by atoms with Gasteiger partial charge in [-0.25, -0.2) is 4.98 Å². The fourth-order valence-electron chi connectivity index (χ4n) is 3.78. The van der Waals surface area contributed by atoms with Crippen LogP contribution < -0.4 is 15.5 Å². The van der Waals surface area contributed by atoms with Crippen molar-refractivity contribution in [3.63, 3.8) is 0 Å². The zero-order valence-corrected chi connectivity index (χ0v) is 21.5. The third-order valence-electron chi connectivity index (χ3n) is 5.56. The van der Waals surface area contributed by atoms with E-state index in [1.165, 1.54) is 5.56 Å². The number of amides is 1. The number of carbonyl (C=O) groups is 1. The van der Waals surface area contributed by atoms with Gasteiger partial charge in [0.25, 0.3) is 0 Å². The summed E-state index contributed by atoms with van der Waals surface area (Å²) in [7, 11) is 5.80. The lowest BCUT2D eigenvalue weighted by molar-refractivity contribution is -0.135. The zero-order chi connectivity index (χ0) is 21.7. The Morgan fingerprint density at radius 2 is 1.94 bits per heavy atom. The highest BCUT2D eigenvalue weighted by Crippen LogP contribution is 2.22. The molecule has 0 spiro atoms. The zero-order valence-electron chi connectivity index (χ0n) is 19.2. The van der Waals surface area contributed by atoms with Gasteiger partial charge in [0.05, 0.1) is 5.52 Å². The van der Waals surface area contributed by atoms with Gasteiger partial charge < -0.3 is 20.4 Å². The molecule has 1 aromatic heterocycles. The molecule has 0 unspecified atom stereocenters. The molecule has 0 aliphatic carbocycles. The SMILES string of the molecule is CN=C(NCc1cc(N(C)C)nc2ccccc12)NC1CCN(C(=O)C(C)C)CC1.I. The van der Waals surface area contributed by atoms with Gasteiger partial charge in [0.1, 0.15) is 5.82 Å². The van der Waals surface area contributed by atoms with E-state index in [2.05, 4.69) is 27.8 Å². The van der Waals surface area contributed by atoms with Gasteiger partial charge in [0.2, 0.25) is 5.91 Å². The second-order valence-corrected chi connectivity index (χ2v) is 8.38. The first kappa shape index (κ1) is 25.2. The van der Waals surface area contributed by atoms with Gasteiger partial charge in [-0.05, 0) is 30.5 Å². The van der Waals surface area contributed by atoms with Gasteiger partial charge in [-0.15, -0.1) is 24.0 Å². The minimum Gasteiger partial charge on any atom is -0.363 e. The predicted octanol–water partition coefficient (Wildman–Crippen LogP) is 3.23. The van der Waals surface area contributed by atoms with E-state index in [1.54, 1.807) is 7.05 Å². The first-order valence-electron chi connectivity index (χ1n) is 10.7. The van der Waals surface area contributed by atoms with Crippen molar-refractivity contribution in [1.82, 2.24) is 20.5 Å². The number of nitrogens with one attached hydrogen (secondary N) is 2. The van der Waals surface area contributed by atoms with Crippen molar-refractivity contribution in [1.29, 1.82) is 0 Å². The highest BCUT2D eigenvalue weighted by molar-refractivity contribution is 14.0. The van der Waals surface area contributed by atoms with Crippen molar-refractivity contribution in [3.05, 3.63) is 35.9 Å². The van der Waals surface area contributed by atoms with Gasteiger partial charge in [0.15, 0.2) is 5.96 Å². The summed E-state index contributed by atoms with van der Waals surface area (Å²) in [6.07, 6.45) is 1.87. The number of anilines is 1. The van der Waals surface area contributed by atoms with E-state index in [4.69, 9.17) is 4.98 Å². The molecule has 1 aliphatic heterocycles. The maximum Gasteiger partial charge on any atom is 0.225 e. The summed E-state index contributed by atoms with van der Waals surface area (Å²) in [5, 5.41) is 8.13. The van der Waals surface area contributed by atoms with E-state index in [1.807, 2.05) is 55.9 Å². The molecule has 0 bridgehead atoms. The van der Waals surface area contributed by atoms with E-state index in [0.717, 1.165) is 48.6 Å². The predicted molar refractivity (Wildman–Crippen MR) is 139 cm³/mol. The maximum absolute atomic E-state index is 12.2. The fourth-order valence-corrected chi connectivity index (χ4v) is 3.78. The molecule has 1 fully saturated rings. The van der Waals surface area contributed by atoms with Crippen molar-refractivity contribution in [2.24, 2.45) is 10.9 Å².